The Kier molecular flexibility index (Phi) is 5.11. The van der Waals surface area contributed by atoms with Crippen LogP contribution < -0.4 is 10.6 Å². The SMILES string of the molecule is Cc1cc(NC(=O)[C@@H]2CNC[C@H]2C)ccc1F.Cl. The van der Waals surface area contributed by atoms with Gasteiger partial charge < -0.3 is 10.6 Å². The predicted octanol–water partition coefficient (Wildman–Crippen LogP) is 2.35. The van der Waals surface area contributed by atoms with Crippen LogP contribution in [0.5, 0.6) is 0 Å². The Hall–Kier alpha value is -1.13. The summed E-state index contributed by atoms with van der Waals surface area (Å²) < 4.78 is 13.1. The van der Waals surface area contributed by atoms with Gasteiger partial charge in [0.25, 0.3) is 0 Å². The number of rotatable bonds is 2. The molecule has 0 spiro atoms. The first-order chi connectivity index (χ1) is 8.08. The van der Waals surface area contributed by atoms with E-state index in [9.17, 15) is 9.18 Å². The molecule has 1 heterocycles. The van der Waals surface area contributed by atoms with Gasteiger partial charge in [-0.25, -0.2) is 4.39 Å². The Labute approximate surface area is 113 Å². The second kappa shape index (κ2) is 6.16. The summed E-state index contributed by atoms with van der Waals surface area (Å²) in [5, 5.41) is 6.03. The lowest BCUT2D eigenvalue weighted by Crippen LogP contribution is -2.27. The Morgan fingerprint density at radius 1 is 1.44 bits per heavy atom. The number of hydrogen-bond acceptors (Lipinski definition) is 2. The average Bonchev–Trinajstić information content (AvgIpc) is 2.70. The summed E-state index contributed by atoms with van der Waals surface area (Å²) in [6.07, 6.45) is 0. The van der Waals surface area contributed by atoms with Crippen LogP contribution in [0.25, 0.3) is 0 Å². The van der Waals surface area contributed by atoms with Crippen molar-refractivity contribution in [3.05, 3.63) is 29.6 Å². The van der Waals surface area contributed by atoms with E-state index in [0.717, 1.165) is 6.54 Å². The summed E-state index contributed by atoms with van der Waals surface area (Å²) in [5.74, 6) is 0.101. The first-order valence-corrected chi connectivity index (χ1v) is 5.85. The van der Waals surface area contributed by atoms with Gasteiger partial charge >= 0.3 is 0 Å². The second-order valence-corrected chi connectivity index (χ2v) is 4.70. The zero-order valence-corrected chi connectivity index (χ0v) is 11.3. The zero-order chi connectivity index (χ0) is 12.4. The number of carbonyl (C=O) groups excluding carboxylic acids is 1. The molecule has 3 nitrogen and oxygen atoms in total. The Morgan fingerprint density at radius 3 is 2.72 bits per heavy atom. The molecule has 1 aliphatic rings. The normalized spacial score (nSPS) is 22.4. The van der Waals surface area contributed by atoms with Gasteiger partial charge in [0.15, 0.2) is 0 Å². The molecule has 1 fully saturated rings. The molecule has 1 aromatic carbocycles. The molecular formula is C13H18ClFN2O. The van der Waals surface area contributed by atoms with Gasteiger partial charge in [0.05, 0.1) is 5.92 Å². The molecule has 0 aliphatic carbocycles. The van der Waals surface area contributed by atoms with Gasteiger partial charge in [-0.3, -0.25) is 4.79 Å². The van der Waals surface area contributed by atoms with Crippen LogP contribution in [-0.2, 0) is 4.79 Å². The van der Waals surface area contributed by atoms with Crippen molar-refractivity contribution in [3.63, 3.8) is 0 Å². The standard InChI is InChI=1S/C13H17FN2O.ClH/c1-8-5-10(3-4-12(8)14)16-13(17)11-7-15-6-9(11)2;/h3-5,9,11,15H,6-7H2,1-2H3,(H,16,17);1H/t9-,11-;/m1./s1. The highest BCUT2D eigenvalue weighted by atomic mass is 35.5. The van der Waals surface area contributed by atoms with Crippen molar-refractivity contribution in [2.24, 2.45) is 11.8 Å². The molecule has 1 saturated heterocycles. The molecule has 2 N–H and O–H groups in total. The van der Waals surface area contributed by atoms with E-state index in [1.54, 1.807) is 19.1 Å². The van der Waals surface area contributed by atoms with Crippen LogP contribution in [0, 0.1) is 24.6 Å². The molecule has 0 radical (unpaired) electrons. The Bertz CT molecular complexity index is 439. The van der Waals surface area contributed by atoms with Crippen molar-refractivity contribution >= 4 is 24.0 Å². The molecule has 18 heavy (non-hydrogen) atoms. The maximum atomic E-state index is 13.1. The van der Waals surface area contributed by atoms with E-state index in [4.69, 9.17) is 0 Å². The number of nitrogens with one attached hydrogen (secondary N) is 2. The summed E-state index contributed by atoms with van der Waals surface area (Å²) in [6, 6.07) is 4.62. The van der Waals surface area contributed by atoms with Crippen molar-refractivity contribution in [2.45, 2.75) is 13.8 Å². The first kappa shape index (κ1) is 14.9. The van der Waals surface area contributed by atoms with Crippen molar-refractivity contribution in [2.75, 3.05) is 18.4 Å². The lowest BCUT2D eigenvalue weighted by Gasteiger charge is -2.14. The summed E-state index contributed by atoms with van der Waals surface area (Å²) in [7, 11) is 0. The lowest BCUT2D eigenvalue weighted by molar-refractivity contribution is -0.120. The molecule has 0 aromatic heterocycles. The maximum Gasteiger partial charge on any atom is 0.229 e. The number of benzene rings is 1. The molecule has 2 atom stereocenters. The minimum absolute atomic E-state index is 0. The number of aryl methyl sites for hydroxylation is 1. The fourth-order valence-electron chi connectivity index (χ4n) is 2.12. The summed E-state index contributed by atoms with van der Waals surface area (Å²) >= 11 is 0. The fraction of sp³-hybridized carbons (Fsp3) is 0.462. The number of carbonyl (C=O) groups is 1. The van der Waals surface area contributed by atoms with Gasteiger partial charge in [0, 0.05) is 12.2 Å². The van der Waals surface area contributed by atoms with E-state index in [1.807, 2.05) is 0 Å². The highest BCUT2D eigenvalue weighted by Crippen LogP contribution is 2.19. The van der Waals surface area contributed by atoms with Gasteiger partial charge in [-0.15, -0.1) is 12.4 Å². The van der Waals surface area contributed by atoms with E-state index in [-0.39, 0.29) is 30.0 Å². The second-order valence-electron chi connectivity index (χ2n) is 4.70. The third-order valence-corrected chi connectivity index (χ3v) is 3.28. The van der Waals surface area contributed by atoms with Crippen LogP contribution in [0.2, 0.25) is 0 Å². The molecule has 5 heteroatoms. The summed E-state index contributed by atoms with van der Waals surface area (Å²) in [5.41, 5.74) is 1.20. The fourth-order valence-corrected chi connectivity index (χ4v) is 2.12. The number of amides is 1. The van der Waals surface area contributed by atoms with Crippen LogP contribution in [-0.4, -0.2) is 19.0 Å². The van der Waals surface area contributed by atoms with Gasteiger partial charge in [-0.05, 0) is 43.1 Å². The smallest absolute Gasteiger partial charge is 0.229 e. The zero-order valence-electron chi connectivity index (χ0n) is 10.5. The monoisotopic (exact) mass is 272 g/mol. The third-order valence-electron chi connectivity index (χ3n) is 3.28. The van der Waals surface area contributed by atoms with Gasteiger partial charge in [-0.1, -0.05) is 6.92 Å². The number of halogens is 2. The van der Waals surface area contributed by atoms with Crippen molar-refractivity contribution in [1.29, 1.82) is 0 Å². The van der Waals surface area contributed by atoms with Crippen LogP contribution >= 0.6 is 12.4 Å². The highest BCUT2D eigenvalue weighted by molar-refractivity contribution is 5.93. The minimum atomic E-state index is -0.251. The average molecular weight is 273 g/mol. The largest absolute Gasteiger partial charge is 0.326 e. The first-order valence-electron chi connectivity index (χ1n) is 5.85. The number of anilines is 1. The Balaban J connectivity index is 0.00000162. The van der Waals surface area contributed by atoms with Crippen molar-refractivity contribution in [1.82, 2.24) is 5.32 Å². The molecule has 0 unspecified atom stereocenters. The maximum absolute atomic E-state index is 13.1. The van der Waals surface area contributed by atoms with E-state index in [0.29, 0.717) is 23.7 Å². The van der Waals surface area contributed by atoms with E-state index in [2.05, 4.69) is 17.6 Å². The molecular weight excluding hydrogens is 255 g/mol. The number of hydrogen-bond donors (Lipinski definition) is 2. The molecule has 1 aromatic rings. The minimum Gasteiger partial charge on any atom is -0.326 e. The lowest BCUT2D eigenvalue weighted by atomic mass is 9.97. The topological polar surface area (TPSA) is 41.1 Å². The molecule has 1 aliphatic heterocycles. The van der Waals surface area contributed by atoms with Crippen molar-refractivity contribution < 1.29 is 9.18 Å². The van der Waals surface area contributed by atoms with Crippen LogP contribution in [0.3, 0.4) is 0 Å². The predicted molar refractivity (Wildman–Crippen MR) is 72.5 cm³/mol. The molecule has 0 bridgehead atoms. The van der Waals surface area contributed by atoms with Crippen LogP contribution in [0.4, 0.5) is 10.1 Å². The van der Waals surface area contributed by atoms with E-state index in [1.165, 1.54) is 6.07 Å². The summed E-state index contributed by atoms with van der Waals surface area (Å²) in [4.78, 5) is 12.0. The quantitative estimate of drug-likeness (QED) is 0.868. The van der Waals surface area contributed by atoms with Crippen LogP contribution in [0.15, 0.2) is 18.2 Å². The van der Waals surface area contributed by atoms with Crippen LogP contribution in [0.1, 0.15) is 12.5 Å². The summed E-state index contributed by atoms with van der Waals surface area (Å²) in [6.45, 7) is 5.33. The van der Waals surface area contributed by atoms with Crippen molar-refractivity contribution in [3.8, 4) is 0 Å². The highest BCUT2D eigenvalue weighted by Gasteiger charge is 2.29. The van der Waals surface area contributed by atoms with E-state index >= 15 is 0 Å². The molecule has 0 saturated carbocycles. The van der Waals surface area contributed by atoms with Gasteiger partial charge in [0.1, 0.15) is 5.82 Å². The van der Waals surface area contributed by atoms with Gasteiger partial charge in [0.2, 0.25) is 5.91 Å². The Morgan fingerprint density at radius 2 is 2.17 bits per heavy atom. The molecule has 1 amide bonds. The van der Waals surface area contributed by atoms with Gasteiger partial charge in [-0.2, -0.15) is 0 Å². The molecule has 100 valence electrons. The molecule has 2 rings (SSSR count). The van der Waals surface area contributed by atoms with E-state index < -0.39 is 0 Å². The third kappa shape index (κ3) is 3.21.